The highest BCUT2D eigenvalue weighted by molar-refractivity contribution is 5.68. The second kappa shape index (κ2) is 6.46. The molecule has 5 rings (SSSR count). The van der Waals surface area contributed by atoms with E-state index < -0.39 is 0 Å². The van der Waals surface area contributed by atoms with Crippen LogP contribution in [0.3, 0.4) is 0 Å². The topological polar surface area (TPSA) is 64.1 Å². The minimum Gasteiger partial charge on any atom is -0.392 e. The number of hydrogen-bond donors (Lipinski definition) is 2. The molecule has 27 heavy (non-hydrogen) atoms. The van der Waals surface area contributed by atoms with Crippen molar-refractivity contribution in [2.45, 2.75) is 70.1 Å². The van der Waals surface area contributed by atoms with E-state index in [0.717, 1.165) is 25.2 Å². The molecule has 144 valence electrons. The molecular weight excluding hydrogens is 334 g/mol. The Morgan fingerprint density at radius 1 is 1.30 bits per heavy atom. The van der Waals surface area contributed by atoms with E-state index in [-0.39, 0.29) is 17.6 Å². The van der Waals surface area contributed by atoms with E-state index in [4.69, 9.17) is 5.73 Å². The van der Waals surface area contributed by atoms with E-state index in [1.807, 2.05) is 12.5 Å². The summed E-state index contributed by atoms with van der Waals surface area (Å²) in [6.45, 7) is 2.26. The van der Waals surface area contributed by atoms with Gasteiger partial charge in [-0.15, -0.1) is 0 Å². The maximum Gasteiger partial charge on any atom is 0.0956 e. The van der Waals surface area contributed by atoms with Gasteiger partial charge in [0, 0.05) is 11.6 Å². The summed E-state index contributed by atoms with van der Waals surface area (Å²) in [6.07, 6.45) is 11.3. The van der Waals surface area contributed by atoms with Crippen LogP contribution in [-0.2, 0) is 0 Å². The number of aromatic nitrogens is 2. The van der Waals surface area contributed by atoms with Crippen LogP contribution in [-0.4, -0.2) is 26.8 Å². The van der Waals surface area contributed by atoms with Gasteiger partial charge in [0.05, 0.1) is 30.4 Å². The first-order valence-corrected chi connectivity index (χ1v) is 10.7. The zero-order valence-corrected chi connectivity index (χ0v) is 16.2. The fourth-order valence-electron chi connectivity index (χ4n) is 6.42. The molecule has 0 amide bonds. The van der Waals surface area contributed by atoms with E-state index in [1.54, 1.807) is 0 Å². The predicted molar refractivity (Wildman–Crippen MR) is 107 cm³/mol. The number of aliphatic hydroxyl groups excluding tert-OH is 1. The second-order valence-corrected chi connectivity index (χ2v) is 9.27. The lowest BCUT2D eigenvalue weighted by Crippen LogP contribution is -2.49. The van der Waals surface area contributed by atoms with E-state index in [9.17, 15) is 5.11 Å². The quantitative estimate of drug-likeness (QED) is 0.856. The van der Waals surface area contributed by atoms with Gasteiger partial charge in [-0.1, -0.05) is 31.2 Å². The van der Waals surface area contributed by atoms with E-state index in [0.29, 0.717) is 12.0 Å². The van der Waals surface area contributed by atoms with Gasteiger partial charge in [0.2, 0.25) is 0 Å². The highest BCUT2D eigenvalue weighted by Crippen LogP contribution is 2.54. The highest BCUT2D eigenvalue weighted by Gasteiger charge is 2.48. The summed E-state index contributed by atoms with van der Waals surface area (Å²) in [5, 5.41) is 11.5. The number of hydrogen-bond acceptors (Lipinski definition) is 3. The molecule has 6 atom stereocenters. The second-order valence-electron chi connectivity index (χ2n) is 9.27. The van der Waals surface area contributed by atoms with Crippen molar-refractivity contribution >= 4 is 0 Å². The number of fused-ring (bicyclic) bond motifs is 5. The van der Waals surface area contributed by atoms with Crippen molar-refractivity contribution in [2.24, 2.45) is 23.0 Å². The molecule has 0 spiro atoms. The molecule has 2 aromatic rings. The van der Waals surface area contributed by atoms with Crippen LogP contribution in [0.2, 0.25) is 0 Å². The SMILES string of the molecule is CCC1(C(O)CC2c3ccccc3-c3cncn32)CC2CCC(N)[C@H](C2)C1. The minimum absolute atomic E-state index is 0.0178. The number of rotatable bonds is 4. The van der Waals surface area contributed by atoms with Crippen molar-refractivity contribution in [3.05, 3.63) is 42.4 Å². The molecule has 2 heterocycles. The van der Waals surface area contributed by atoms with Crippen LogP contribution in [0.25, 0.3) is 11.3 Å². The lowest BCUT2D eigenvalue weighted by atomic mass is 9.56. The summed E-state index contributed by atoms with van der Waals surface area (Å²) in [7, 11) is 0. The van der Waals surface area contributed by atoms with Gasteiger partial charge in [-0.3, -0.25) is 0 Å². The van der Waals surface area contributed by atoms with E-state index >= 15 is 0 Å². The van der Waals surface area contributed by atoms with Gasteiger partial charge in [0.15, 0.2) is 0 Å². The van der Waals surface area contributed by atoms with Crippen LogP contribution < -0.4 is 5.73 Å². The third-order valence-electron chi connectivity index (χ3n) is 7.97. The average Bonchev–Trinajstić information content (AvgIpc) is 3.27. The summed E-state index contributed by atoms with van der Waals surface area (Å²) in [5.41, 5.74) is 10.2. The number of imidazole rings is 1. The molecule has 4 nitrogen and oxygen atoms in total. The van der Waals surface area contributed by atoms with Gasteiger partial charge >= 0.3 is 0 Å². The Bertz CT molecular complexity index is 831. The lowest BCUT2D eigenvalue weighted by molar-refractivity contribution is -0.0644. The van der Waals surface area contributed by atoms with Crippen LogP contribution >= 0.6 is 0 Å². The van der Waals surface area contributed by atoms with Crippen molar-refractivity contribution in [1.82, 2.24) is 9.55 Å². The molecule has 0 radical (unpaired) electrons. The summed E-state index contributed by atoms with van der Waals surface area (Å²) in [6, 6.07) is 9.10. The number of benzene rings is 1. The van der Waals surface area contributed by atoms with E-state index in [2.05, 4.69) is 40.7 Å². The summed E-state index contributed by atoms with van der Waals surface area (Å²) in [4.78, 5) is 4.37. The number of nitrogens with two attached hydrogens (primary N) is 1. The zero-order chi connectivity index (χ0) is 18.6. The molecule has 1 aromatic heterocycles. The maximum atomic E-state index is 11.5. The van der Waals surface area contributed by atoms with Crippen LogP contribution in [0.15, 0.2) is 36.8 Å². The Morgan fingerprint density at radius 2 is 2.15 bits per heavy atom. The summed E-state index contributed by atoms with van der Waals surface area (Å²) < 4.78 is 2.26. The van der Waals surface area contributed by atoms with Crippen molar-refractivity contribution in [3.8, 4) is 11.3 Å². The van der Waals surface area contributed by atoms with Crippen molar-refractivity contribution in [3.63, 3.8) is 0 Å². The molecule has 1 aromatic carbocycles. The molecule has 2 aliphatic carbocycles. The summed E-state index contributed by atoms with van der Waals surface area (Å²) >= 11 is 0. The monoisotopic (exact) mass is 365 g/mol. The molecule has 2 bridgehead atoms. The van der Waals surface area contributed by atoms with Gasteiger partial charge in [-0.05, 0) is 67.8 Å². The first-order chi connectivity index (χ1) is 13.1. The Labute approximate surface area is 161 Å². The van der Waals surface area contributed by atoms with E-state index in [1.165, 1.54) is 42.5 Å². The van der Waals surface area contributed by atoms with Crippen LogP contribution in [0.1, 0.15) is 63.5 Å². The first-order valence-electron chi connectivity index (χ1n) is 10.7. The molecule has 2 saturated carbocycles. The van der Waals surface area contributed by atoms with Crippen molar-refractivity contribution < 1.29 is 5.11 Å². The molecule has 3 N–H and O–H groups in total. The smallest absolute Gasteiger partial charge is 0.0956 e. The molecule has 3 aliphatic rings. The van der Waals surface area contributed by atoms with Crippen molar-refractivity contribution in [2.75, 3.05) is 0 Å². The Kier molecular flexibility index (Phi) is 4.17. The molecule has 1 aliphatic heterocycles. The average molecular weight is 366 g/mol. The molecule has 4 heteroatoms. The summed E-state index contributed by atoms with van der Waals surface area (Å²) in [5.74, 6) is 1.34. The molecule has 2 fully saturated rings. The molecule has 0 saturated heterocycles. The Morgan fingerprint density at radius 3 is 3.00 bits per heavy atom. The maximum absolute atomic E-state index is 11.5. The normalized spacial score (nSPS) is 35.5. The largest absolute Gasteiger partial charge is 0.392 e. The third kappa shape index (κ3) is 2.68. The Balaban J connectivity index is 1.44. The number of nitrogens with zero attached hydrogens (tertiary/aromatic N) is 2. The van der Waals surface area contributed by atoms with Crippen LogP contribution in [0.4, 0.5) is 0 Å². The minimum atomic E-state index is -0.301. The van der Waals surface area contributed by atoms with Crippen molar-refractivity contribution in [1.29, 1.82) is 0 Å². The van der Waals surface area contributed by atoms with Gasteiger partial charge < -0.3 is 15.4 Å². The fourth-order valence-corrected chi connectivity index (χ4v) is 6.42. The van der Waals surface area contributed by atoms with Crippen LogP contribution in [0.5, 0.6) is 0 Å². The lowest BCUT2D eigenvalue weighted by Gasteiger charge is -2.51. The van der Waals surface area contributed by atoms with Gasteiger partial charge in [0.25, 0.3) is 0 Å². The fraction of sp³-hybridized carbons (Fsp3) is 0.609. The van der Waals surface area contributed by atoms with Gasteiger partial charge in [-0.25, -0.2) is 4.98 Å². The predicted octanol–water partition coefficient (Wildman–Crippen LogP) is 4.14. The van der Waals surface area contributed by atoms with Crippen LogP contribution in [0, 0.1) is 17.3 Å². The van der Waals surface area contributed by atoms with Gasteiger partial charge in [-0.2, -0.15) is 0 Å². The third-order valence-corrected chi connectivity index (χ3v) is 7.97. The highest BCUT2D eigenvalue weighted by atomic mass is 16.3. The molecular formula is C23H31N3O. The van der Waals surface area contributed by atoms with Gasteiger partial charge in [0.1, 0.15) is 0 Å². The molecule has 5 unspecified atom stereocenters. The number of aliphatic hydroxyl groups is 1. The first kappa shape index (κ1) is 17.4. The Hall–Kier alpha value is -1.65. The standard InChI is InChI=1S/C23H31N3O/c1-2-23(11-15-7-8-19(24)16(9-15)12-23)22(27)10-20-17-5-3-4-6-18(17)21-13-25-14-26(20)21/h3-6,13-16,19-20,22,27H,2,7-12,24H2,1H3/t15?,16-,19?,20?,22?,23?/m1/s1. The zero-order valence-electron chi connectivity index (χ0n) is 16.2.